The average Bonchev–Trinajstić information content (AvgIpc) is 3.40. The molecule has 1 aromatic heterocycles. The minimum absolute atomic E-state index is 0.370. The molecule has 0 spiro atoms. The molecule has 0 radical (unpaired) electrons. The quantitative estimate of drug-likeness (QED) is 0.230. The molecule has 0 unspecified atom stereocenters. The van der Waals surface area contributed by atoms with Crippen molar-refractivity contribution in [3.8, 4) is 33.9 Å². The van der Waals surface area contributed by atoms with Crippen LogP contribution in [0.4, 0.5) is 16.3 Å². The van der Waals surface area contributed by atoms with Crippen LogP contribution in [0.25, 0.3) is 22.4 Å². The Kier molecular flexibility index (Phi) is 8.80. The maximum absolute atomic E-state index is 13.5. The first-order chi connectivity index (χ1) is 19.1. The minimum Gasteiger partial charge on any atom is -0.496 e. The number of anilines is 2. The van der Waals surface area contributed by atoms with Crippen LogP contribution in [0.5, 0.6) is 11.5 Å². The van der Waals surface area contributed by atoms with Gasteiger partial charge in [-0.15, -0.1) is 0 Å². The maximum Gasteiger partial charge on any atom is 0.420 e. The minimum atomic E-state index is -0.688. The van der Waals surface area contributed by atoms with Crippen LogP contribution < -0.4 is 19.7 Å². The summed E-state index contributed by atoms with van der Waals surface area (Å²) in [5.74, 6) is 1.62. The van der Waals surface area contributed by atoms with Crippen molar-refractivity contribution in [3.05, 3.63) is 78.4 Å². The topological polar surface area (TPSA) is 88.7 Å². The number of benzene rings is 3. The van der Waals surface area contributed by atoms with E-state index in [9.17, 15) is 4.79 Å². The molecule has 1 amide bonds. The van der Waals surface area contributed by atoms with Gasteiger partial charge in [0.15, 0.2) is 5.82 Å². The lowest BCUT2D eigenvalue weighted by atomic mass is 9.99. The van der Waals surface area contributed by atoms with E-state index in [1.54, 1.807) is 20.3 Å². The Morgan fingerprint density at radius 1 is 0.975 bits per heavy atom. The molecule has 2 N–H and O–H groups in total. The van der Waals surface area contributed by atoms with Crippen LogP contribution in [0.15, 0.2) is 72.8 Å². The van der Waals surface area contributed by atoms with Gasteiger partial charge in [-0.25, -0.2) is 9.69 Å². The van der Waals surface area contributed by atoms with Gasteiger partial charge < -0.3 is 19.5 Å². The first-order valence-electron chi connectivity index (χ1n) is 13.3. The molecule has 0 aliphatic carbocycles. The average molecular weight is 543 g/mol. The van der Waals surface area contributed by atoms with Gasteiger partial charge in [-0.1, -0.05) is 56.3 Å². The second-order valence-electron chi connectivity index (χ2n) is 10.7. The lowest BCUT2D eigenvalue weighted by Crippen LogP contribution is -2.34. The molecule has 210 valence electrons. The van der Waals surface area contributed by atoms with Crippen molar-refractivity contribution in [2.75, 3.05) is 19.1 Å². The summed E-state index contributed by atoms with van der Waals surface area (Å²) >= 11 is 0. The van der Waals surface area contributed by atoms with Gasteiger partial charge in [0.1, 0.15) is 17.1 Å². The summed E-state index contributed by atoms with van der Waals surface area (Å²) in [6.45, 7) is 10.5. The second-order valence-corrected chi connectivity index (χ2v) is 10.7. The standard InChI is InChI=1S/C32H38N4O4/c1-21(2)33-20-22-13-15-24(16-14-22)36(31(37)40-32(3,4)5)28-19-26(34-35-28)29-27(38-6)18-17-25(30(29)39-7)23-11-9-8-10-12-23/h8-19,21,33H,20H2,1-7H3,(H,34,35). The summed E-state index contributed by atoms with van der Waals surface area (Å²) in [5, 5.41) is 11.0. The number of aromatic nitrogens is 2. The van der Waals surface area contributed by atoms with E-state index in [4.69, 9.17) is 14.2 Å². The lowest BCUT2D eigenvalue weighted by Gasteiger charge is -2.26. The molecule has 0 saturated carbocycles. The highest BCUT2D eigenvalue weighted by atomic mass is 16.6. The van der Waals surface area contributed by atoms with Crippen molar-refractivity contribution in [1.29, 1.82) is 0 Å². The van der Waals surface area contributed by atoms with Crippen LogP contribution in [-0.2, 0) is 11.3 Å². The lowest BCUT2D eigenvalue weighted by molar-refractivity contribution is 0.0598. The van der Waals surface area contributed by atoms with Gasteiger partial charge >= 0.3 is 6.09 Å². The van der Waals surface area contributed by atoms with Crippen molar-refractivity contribution in [1.82, 2.24) is 15.5 Å². The summed E-state index contributed by atoms with van der Waals surface area (Å²) in [5.41, 5.74) is 4.30. The van der Waals surface area contributed by atoms with E-state index in [1.807, 2.05) is 87.5 Å². The van der Waals surface area contributed by atoms with Crippen molar-refractivity contribution >= 4 is 17.6 Å². The molecule has 0 atom stereocenters. The summed E-state index contributed by atoms with van der Waals surface area (Å²) in [4.78, 5) is 14.9. The Morgan fingerprint density at radius 3 is 2.27 bits per heavy atom. The zero-order valence-corrected chi connectivity index (χ0v) is 24.2. The second kappa shape index (κ2) is 12.3. The molecule has 4 aromatic rings. The van der Waals surface area contributed by atoms with Gasteiger partial charge in [-0.2, -0.15) is 5.10 Å². The predicted octanol–water partition coefficient (Wildman–Crippen LogP) is 7.33. The molecular formula is C32H38N4O4. The Balaban J connectivity index is 1.78. The van der Waals surface area contributed by atoms with E-state index >= 15 is 0 Å². The third kappa shape index (κ3) is 6.63. The van der Waals surface area contributed by atoms with Crippen molar-refractivity contribution in [2.24, 2.45) is 0 Å². The van der Waals surface area contributed by atoms with Gasteiger partial charge in [0, 0.05) is 24.2 Å². The van der Waals surface area contributed by atoms with Crippen LogP contribution in [0, 0.1) is 0 Å². The highest BCUT2D eigenvalue weighted by molar-refractivity contribution is 5.96. The first-order valence-corrected chi connectivity index (χ1v) is 13.3. The number of ether oxygens (including phenoxy) is 3. The maximum atomic E-state index is 13.5. The summed E-state index contributed by atoms with van der Waals surface area (Å²) in [6, 6.07) is 23.8. The third-order valence-electron chi connectivity index (χ3n) is 6.18. The van der Waals surface area contributed by atoms with Gasteiger partial charge in [0.25, 0.3) is 0 Å². The molecule has 0 aliphatic rings. The molecule has 4 rings (SSSR count). The van der Waals surface area contributed by atoms with Crippen LogP contribution in [0.2, 0.25) is 0 Å². The van der Waals surface area contributed by atoms with Gasteiger partial charge in [-0.05, 0) is 56.2 Å². The van der Waals surface area contributed by atoms with Crippen LogP contribution >= 0.6 is 0 Å². The zero-order valence-electron chi connectivity index (χ0n) is 24.2. The van der Waals surface area contributed by atoms with Crippen molar-refractivity contribution in [3.63, 3.8) is 0 Å². The number of hydrogen-bond donors (Lipinski definition) is 2. The number of nitrogens with zero attached hydrogens (tertiary/aromatic N) is 2. The Labute approximate surface area is 236 Å². The molecule has 8 heteroatoms. The number of H-pyrrole nitrogens is 1. The number of methoxy groups -OCH3 is 2. The monoisotopic (exact) mass is 542 g/mol. The fourth-order valence-electron chi connectivity index (χ4n) is 4.32. The highest BCUT2D eigenvalue weighted by Crippen LogP contribution is 2.45. The number of hydrogen-bond acceptors (Lipinski definition) is 6. The molecule has 3 aromatic carbocycles. The van der Waals surface area contributed by atoms with Gasteiger partial charge in [0.2, 0.25) is 0 Å². The summed E-state index contributed by atoms with van der Waals surface area (Å²) in [6.07, 6.45) is -0.532. The molecule has 40 heavy (non-hydrogen) atoms. The van der Waals surface area contributed by atoms with E-state index < -0.39 is 11.7 Å². The van der Waals surface area contributed by atoms with Gasteiger partial charge in [0.05, 0.1) is 31.2 Å². The van der Waals surface area contributed by atoms with Crippen LogP contribution in [-0.4, -0.2) is 42.2 Å². The first kappa shape index (κ1) is 28.7. The Bertz CT molecular complexity index is 1420. The van der Waals surface area contributed by atoms with Crippen molar-refractivity contribution in [2.45, 2.75) is 52.8 Å². The molecule has 0 saturated heterocycles. The van der Waals surface area contributed by atoms with Gasteiger partial charge in [-0.3, -0.25) is 5.10 Å². The fraction of sp³-hybridized carbons (Fsp3) is 0.312. The van der Waals surface area contributed by atoms with E-state index in [2.05, 4.69) is 29.4 Å². The number of carbonyl (C=O) groups excluding carboxylic acids is 1. The molecular weight excluding hydrogens is 504 g/mol. The van der Waals surface area contributed by atoms with Crippen molar-refractivity contribution < 1.29 is 19.0 Å². The number of rotatable bonds is 9. The molecule has 1 heterocycles. The number of amides is 1. The number of nitrogens with one attached hydrogen (secondary N) is 2. The zero-order chi connectivity index (χ0) is 28.9. The third-order valence-corrected chi connectivity index (χ3v) is 6.18. The van der Waals surface area contributed by atoms with Crippen LogP contribution in [0.1, 0.15) is 40.2 Å². The van der Waals surface area contributed by atoms with E-state index in [0.29, 0.717) is 40.3 Å². The summed E-state index contributed by atoms with van der Waals surface area (Å²) < 4.78 is 17.4. The Hall–Kier alpha value is -4.30. The SMILES string of the molecule is COc1ccc(-c2ccccc2)c(OC)c1-c1cc(N(C(=O)OC(C)(C)C)c2ccc(CNC(C)C)cc2)n[nH]1. The van der Waals surface area contributed by atoms with E-state index in [1.165, 1.54) is 4.90 Å². The Morgan fingerprint density at radius 2 is 1.68 bits per heavy atom. The normalized spacial score (nSPS) is 11.4. The molecule has 8 nitrogen and oxygen atoms in total. The molecule has 0 aliphatic heterocycles. The number of carbonyl (C=O) groups is 1. The molecule has 0 bridgehead atoms. The fourth-order valence-corrected chi connectivity index (χ4v) is 4.32. The highest BCUT2D eigenvalue weighted by Gasteiger charge is 2.28. The van der Waals surface area contributed by atoms with E-state index in [0.717, 1.165) is 23.2 Å². The largest absolute Gasteiger partial charge is 0.496 e. The summed E-state index contributed by atoms with van der Waals surface area (Å²) in [7, 11) is 3.24. The number of aromatic amines is 1. The smallest absolute Gasteiger partial charge is 0.420 e. The van der Waals surface area contributed by atoms with E-state index in [-0.39, 0.29) is 0 Å². The van der Waals surface area contributed by atoms with Crippen LogP contribution in [0.3, 0.4) is 0 Å². The predicted molar refractivity (Wildman–Crippen MR) is 159 cm³/mol. The molecule has 0 fully saturated rings.